The number of allylic oxidation sites excluding steroid dienone is 4. The molecule has 1 saturated heterocycles. The molecule has 21 unspecified atom stereocenters. The first-order valence-electron chi connectivity index (χ1n) is 30.1. The molecule has 21 atom stereocenters. The van der Waals surface area contributed by atoms with Crippen LogP contribution < -0.4 is 11.1 Å². The summed E-state index contributed by atoms with van der Waals surface area (Å²) in [4.78, 5) is 65.9. The van der Waals surface area contributed by atoms with E-state index in [-0.39, 0.29) is 43.4 Å². The first kappa shape index (κ1) is 76.2. The molecule has 0 spiro atoms. The summed E-state index contributed by atoms with van der Waals surface area (Å²) < 4.78 is 22.9. The number of rotatable bonds is 17. The van der Waals surface area contributed by atoms with Gasteiger partial charge in [-0.3, -0.25) is 29.0 Å². The Hall–Kier alpha value is -4.86. The number of aliphatic hydroxyl groups is 10. The lowest BCUT2D eigenvalue weighted by molar-refractivity contribution is -0.334. The van der Waals surface area contributed by atoms with Crippen LogP contribution in [0.15, 0.2) is 53.6 Å². The van der Waals surface area contributed by atoms with Crippen molar-refractivity contribution in [2.45, 2.75) is 243 Å². The molecular weight excluding hydrogens is 1110 g/mol. The van der Waals surface area contributed by atoms with Crippen LogP contribution in [0.4, 0.5) is 0 Å². The number of esters is 3. The third-order valence-electron chi connectivity index (χ3n) is 16.1. The van der Waals surface area contributed by atoms with Gasteiger partial charge in [0.15, 0.2) is 11.7 Å². The van der Waals surface area contributed by atoms with Gasteiger partial charge in [-0.2, -0.15) is 0 Å². The number of hydrogen-bond donors (Lipinski definition) is 14. The normalized spacial score (nSPS) is 35.2. The molecule has 24 heteroatoms. The van der Waals surface area contributed by atoms with Crippen molar-refractivity contribution in [1.82, 2.24) is 5.32 Å². The zero-order valence-corrected chi connectivity index (χ0v) is 51.0. The van der Waals surface area contributed by atoms with Gasteiger partial charge >= 0.3 is 29.8 Å². The van der Waals surface area contributed by atoms with Crippen molar-refractivity contribution in [3.8, 4) is 0 Å². The molecule has 0 aliphatic carbocycles. The molecule has 2 aliphatic rings. The Morgan fingerprint density at radius 3 is 1.99 bits per heavy atom. The maximum Gasteiger partial charge on any atom is 0.317 e. The molecule has 24 nitrogen and oxygen atoms in total. The van der Waals surface area contributed by atoms with Crippen LogP contribution >= 0.6 is 0 Å². The molecule has 1 fully saturated rings. The molecule has 2 heterocycles. The molecule has 85 heavy (non-hydrogen) atoms. The summed E-state index contributed by atoms with van der Waals surface area (Å²) in [6, 6.07) is 0. The Morgan fingerprint density at radius 1 is 0.741 bits per heavy atom. The van der Waals surface area contributed by atoms with E-state index in [9.17, 15) is 85.3 Å². The van der Waals surface area contributed by atoms with E-state index < -0.39 is 184 Å². The van der Waals surface area contributed by atoms with Crippen molar-refractivity contribution in [1.29, 1.82) is 0 Å². The minimum Gasteiger partial charge on any atom is -0.481 e. The molecule has 0 radical (unpaired) electrons. The van der Waals surface area contributed by atoms with Crippen LogP contribution in [0.2, 0.25) is 0 Å². The maximum atomic E-state index is 13.8. The average Bonchev–Trinajstić information content (AvgIpc) is 3.59. The number of nitrogens with two attached hydrogens (primary N) is 1. The van der Waals surface area contributed by atoms with E-state index in [4.69, 9.17) is 24.7 Å². The number of aliphatic carboxylic acids is 2. The number of carbonyl (C=O) groups is 5. The largest absolute Gasteiger partial charge is 0.481 e. The van der Waals surface area contributed by atoms with Crippen molar-refractivity contribution in [3.05, 3.63) is 48.6 Å². The number of cyclic esters (lactones) is 1. The molecule has 2 aliphatic heterocycles. The van der Waals surface area contributed by atoms with Gasteiger partial charge in [0.25, 0.3) is 0 Å². The van der Waals surface area contributed by atoms with Crippen LogP contribution in [0, 0.1) is 41.4 Å². The van der Waals surface area contributed by atoms with E-state index in [1.807, 2.05) is 13.8 Å². The van der Waals surface area contributed by atoms with Crippen LogP contribution in [0.3, 0.4) is 0 Å². The summed E-state index contributed by atoms with van der Waals surface area (Å²) >= 11 is 0. The number of carbonyl (C=O) groups excluding carboxylic acids is 3. The van der Waals surface area contributed by atoms with Crippen molar-refractivity contribution in [3.63, 3.8) is 0 Å². The summed E-state index contributed by atoms with van der Waals surface area (Å²) in [5.74, 6) is -12.1. The highest BCUT2D eigenvalue weighted by Crippen LogP contribution is 2.38. The van der Waals surface area contributed by atoms with Gasteiger partial charge in [0.2, 0.25) is 0 Å². The number of nitrogens with zero attached hydrogens (tertiary/aromatic N) is 1. The number of unbranched alkanes of at least 4 members (excludes halogenated alkanes) is 2. The van der Waals surface area contributed by atoms with Gasteiger partial charge in [0, 0.05) is 69.9 Å². The Kier molecular flexibility index (Phi) is 35.1. The fourth-order valence-corrected chi connectivity index (χ4v) is 10.6. The summed E-state index contributed by atoms with van der Waals surface area (Å²) in [6.07, 6.45) is -3.85. The molecule has 0 saturated carbocycles. The first-order chi connectivity index (χ1) is 39.8. The Labute approximate surface area is 500 Å². The predicted molar refractivity (Wildman–Crippen MR) is 314 cm³/mol. The van der Waals surface area contributed by atoms with Crippen molar-refractivity contribution < 1.29 is 104 Å². The van der Waals surface area contributed by atoms with Gasteiger partial charge in [-0.05, 0) is 76.0 Å². The second-order valence-electron chi connectivity index (χ2n) is 23.9. The third kappa shape index (κ3) is 29.6. The average molecular weight is 1210 g/mol. The van der Waals surface area contributed by atoms with Crippen LogP contribution in [0.25, 0.3) is 0 Å². The fourth-order valence-electron chi connectivity index (χ4n) is 10.6. The summed E-state index contributed by atoms with van der Waals surface area (Å²) in [5, 5.41) is 134. The smallest absolute Gasteiger partial charge is 0.317 e. The summed E-state index contributed by atoms with van der Waals surface area (Å²) in [5.41, 5.74) is 5.68. The van der Waals surface area contributed by atoms with E-state index in [2.05, 4.69) is 29.4 Å². The van der Waals surface area contributed by atoms with Gasteiger partial charge in [-0.15, -0.1) is 0 Å². The number of guanidine groups is 1. The second-order valence-corrected chi connectivity index (χ2v) is 23.9. The fraction of sp³-hybridized carbons (Fsp3) is 0.770. The van der Waals surface area contributed by atoms with Crippen molar-refractivity contribution in [2.75, 3.05) is 13.6 Å². The van der Waals surface area contributed by atoms with Gasteiger partial charge in [0.1, 0.15) is 37.3 Å². The topological polar surface area (TPSA) is 415 Å². The summed E-state index contributed by atoms with van der Waals surface area (Å²) in [7, 11) is 1.62. The monoisotopic (exact) mass is 1210 g/mol. The van der Waals surface area contributed by atoms with E-state index in [1.165, 1.54) is 25.2 Å². The van der Waals surface area contributed by atoms with E-state index in [0.717, 1.165) is 38.6 Å². The first-order valence-corrected chi connectivity index (χ1v) is 30.1. The molecule has 15 N–H and O–H groups in total. The molecule has 2 bridgehead atoms. The zero-order valence-electron chi connectivity index (χ0n) is 51.0. The number of hydrogen-bond acceptors (Lipinski definition) is 20. The summed E-state index contributed by atoms with van der Waals surface area (Å²) in [6.45, 7) is 13.1. The minimum absolute atomic E-state index is 0.00374. The predicted octanol–water partition coefficient (Wildman–Crippen LogP) is 3.08. The SMILES string of the molecule is CN=C(N)NCCCC=CCCCC(C)CC(C)C1OC(=O)C(C)C(O)C=CC(C)C(O)CC(O)C(C)C(O)CCC(C)C(O)CC2(O)OC(CC(OC(=O)CC(=O)O)CC(O)CC(O)CC(O)C=CC=CC1C)CC(OC(=O)CC(=O)O)C2O. The van der Waals surface area contributed by atoms with Crippen LogP contribution in [-0.4, -0.2) is 196 Å². The van der Waals surface area contributed by atoms with Gasteiger partial charge < -0.3 is 91.3 Å². The molecule has 0 aromatic rings. The number of aliphatic hydroxyl groups excluding tert-OH is 9. The van der Waals surface area contributed by atoms with Crippen LogP contribution in [-0.2, 0) is 42.9 Å². The van der Waals surface area contributed by atoms with Crippen molar-refractivity contribution in [2.24, 2.45) is 52.2 Å². The van der Waals surface area contributed by atoms with Crippen molar-refractivity contribution >= 4 is 35.8 Å². The van der Waals surface area contributed by atoms with Crippen LogP contribution in [0.1, 0.15) is 158 Å². The van der Waals surface area contributed by atoms with E-state index in [0.29, 0.717) is 12.4 Å². The number of fused-ring (bicyclic) bond motifs is 2. The zero-order chi connectivity index (χ0) is 64.1. The molecule has 0 aromatic carbocycles. The quantitative estimate of drug-likeness (QED) is 0.0189. The standard InChI is InChI=1S/C61H103N3O21/c1-35(17-13-11-9-10-12-16-24-64-60(62)63-8)25-39(5)57-38(4)18-14-15-19-42(65)26-43(66)27-44(67)28-45(82-55(77)32-53(73)74)29-46-30-52(83-56(78)33-54(75)76)58(79)61(81,85-46)34-51(72)37(3)21-22-47(68)40(6)50(71)31-49(70)36(2)20-23-48(69)41(7)59(80)84-57/h9-10,14-15,18-20,23,35-52,57-58,65-72,79,81H,11-13,16-17,21-22,24-34H2,1-8H3,(H,73,74)(H,75,76)(H3,62,63,64). The second kappa shape index (κ2) is 39.1. The Morgan fingerprint density at radius 2 is 1.35 bits per heavy atom. The molecule has 0 amide bonds. The maximum absolute atomic E-state index is 13.8. The lowest BCUT2D eigenvalue weighted by Gasteiger charge is -2.46. The van der Waals surface area contributed by atoms with Crippen LogP contribution in [0.5, 0.6) is 0 Å². The highest BCUT2D eigenvalue weighted by atomic mass is 16.7. The van der Waals surface area contributed by atoms with Gasteiger partial charge in [-0.1, -0.05) is 96.6 Å². The third-order valence-corrected chi connectivity index (χ3v) is 16.1. The molecular formula is C61H103N3O21. The number of carboxylic acids is 2. The Bertz CT molecular complexity index is 2160. The molecule has 488 valence electrons. The number of ether oxygens (including phenoxy) is 4. The Balaban J connectivity index is 2.49. The van der Waals surface area contributed by atoms with Gasteiger partial charge in [-0.25, -0.2) is 0 Å². The molecule has 0 aromatic heterocycles. The minimum atomic E-state index is -2.74. The number of aliphatic imine (C=N–C) groups is 1. The van der Waals surface area contributed by atoms with E-state index in [1.54, 1.807) is 46.0 Å². The lowest BCUT2D eigenvalue weighted by Crippen LogP contribution is -2.60. The van der Waals surface area contributed by atoms with Gasteiger partial charge in [0.05, 0.1) is 60.9 Å². The molecule has 2 rings (SSSR count). The highest BCUT2D eigenvalue weighted by Gasteiger charge is 2.52. The number of carboxylic acid groups (broad SMARTS) is 2. The highest BCUT2D eigenvalue weighted by molar-refractivity contribution is 5.90. The van der Waals surface area contributed by atoms with E-state index >= 15 is 0 Å². The number of nitrogens with one attached hydrogen (secondary N) is 1. The lowest BCUT2D eigenvalue weighted by atomic mass is 9.83.